The fourth-order valence-corrected chi connectivity index (χ4v) is 4.98. The van der Waals surface area contributed by atoms with Crippen molar-refractivity contribution in [2.75, 3.05) is 39.6 Å². The van der Waals surface area contributed by atoms with Gasteiger partial charge in [-0.05, 0) is 52.0 Å². The maximum Gasteiger partial charge on any atom is 0.297 e. The topological polar surface area (TPSA) is 114 Å². The molecular weight excluding hydrogens is 496 g/mol. The first-order valence-electron chi connectivity index (χ1n) is 11.2. The second-order valence-corrected chi connectivity index (χ2v) is 11.3. The molecule has 0 saturated carbocycles. The largest absolute Gasteiger partial charge is 0.377 e. The van der Waals surface area contributed by atoms with Crippen molar-refractivity contribution in [2.45, 2.75) is 49.7 Å². The SMILES string of the molecule is Cc1ccc(S(=O)(=O)O[C@@H](C)COCCOCCOC[C@H](C)OS(=O)(=O)c2ccc(C)cc2)cc1. The molecule has 0 radical (unpaired) electrons. The number of hydrogen-bond acceptors (Lipinski definition) is 9. The molecule has 2 aromatic carbocycles. The van der Waals surface area contributed by atoms with Gasteiger partial charge in [0.15, 0.2) is 0 Å². The summed E-state index contributed by atoms with van der Waals surface area (Å²) in [6.45, 7) is 8.24. The van der Waals surface area contributed by atoms with E-state index in [0.717, 1.165) is 11.1 Å². The highest BCUT2D eigenvalue weighted by Crippen LogP contribution is 2.16. The van der Waals surface area contributed by atoms with Crippen molar-refractivity contribution in [3.05, 3.63) is 59.7 Å². The lowest BCUT2D eigenvalue weighted by molar-refractivity contribution is -0.0104. The van der Waals surface area contributed by atoms with Gasteiger partial charge in [0.25, 0.3) is 20.2 Å². The molecule has 0 aliphatic rings. The molecule has 0 amide bonds. The first kappa shape index (κ1) is 29.4. The Labute approximate surface area is 208 Å². The van der Waals surface area contributed by atoms with Crippen molar-refractivity contribution < 1.29 is 39.4 Å². The van der Waals surface area contributed by atoms with Crippen LogP contribution >= 0.6 is 0 Å². The third-order valence-electron chi connectivity index (χ3n) is 4.65. The van der Waals surface area contributed by atoms with E-state index < -0.39 is 32.4 Å². The zero-order valence-electron chi connectivity index (χ0n) is 20.5. The highest BCUT2D eigenvalue weighted by molar-refractivity contribution is 7.87. The number of benzene rings is 2. The summed E-state index contributed by atoms with van der Waals surface area (Å²) >= 11 is 0. The Hall–Kier alpha value is -1.86. The Morgan fingerprint density at radius 2 is 0.886 bits per heavy atom. The summed E-state index contributed by atoms with van der Waals surface area (Å²) in [5, 5.41) is 0. The van der Waals surface area contributed by atoms with Gasteiger partial charge >= 0.3 is 0 Å². The highest BCUT2D eigenvalue weighted by atomic mass is 32.2. The Balaban J connectivity index is 1.53. The van der Waals surface area contributed by atoms with E-state index in [1.54, 1.807) is 38.1 Å². The molecule has 0 bridgehead atoms. The maximum absolute atomic E-state index is 12.2. The Bertz CT molecular complexity index is 1010. The summed E-state index contributed by atoms with van der Waals surface area (Å²) in [6.07, 6.45) is -1.30. The van der Waals surface area contributed by atoms with E-state index in [-0.39, 0.29) is 49.4 Å². The lowest BCUT2D eigenvalue weighted by Crippen LogP contribution is -2.23. The van der Waals surface area contributed by atoms with Gasteiger partial charge in [0.2, 0.25) is 0 Å². The number of ether oxygens (including phenoxy) is 3. The first-order valence-corrected chi connectivity index (χ1v) is 14.0. The van der Waals surface area contributed by atoms with Gasteiger partial charge < -0.3 is 14.2 Å². The van der Waals surface area contributed by atoms with Gasteiger partial charge in [-0.15, -0.1) is 0 Å². The van der Waals surface area contributed by atoms with E-state index in [0.29, 0.717) is 0 Å². The summed E-state index contributed by atoms with van der Waals surface area (Å²) in [6, 6.07) is 12.8. The molecule has 0 aromatic heterocycles. The van der Waals surface area contributed by atoms with Gasteiger partial charge in [-0.2, -0.15) is 16.8 Å². The van der Waals surface area contributed by atoms with E-state index in [9.17, 15) is 16.8 Å². The summed E-state index contributed by atoms with van der Waals surface area (Å²) in [5.41, 5.74) is 1.92. The van der Waals surface area contributed by atoms with E-state index in [4.69, 9.17) is 22.6 Å². The van der Waals surface area contributed by atoms with E-state index >= 15 is 0 Å². The Kier molecular flexibility index (Phi) is 11.8. The molecule has 196 valence electrons. The normalized spacial score (nSPS) is 14.1. The fourth-order valence-electron chi connectivity index (χ4n) is 2.85. The van der Waals surface area contributed by atoms with E-state index in [2.05, 4.69) is 0 Å². The molecule has 9 nitrogen and oxygen atoms in total. The predicted octanol–water partition coefficient (Wildman–Crippen LogP) is 3.24. The minimum atomic E-state index is -3.85. The van der Waals surface area contributed by atoms with Crippen LogP contribution in [0.1, 0.15) is 25.0 Å². The fraction of sp³-hybridized carbons (Fsp3) is 0.500. The van der Waals surface area contributed by atoms with Crippen LogP contribution in [0, 0.1) is 13.8 Å². The zero-order chi connectivity index (χ0) is 25.9. The molecule has 0 fully saturated rings. The lowest BCUT2D eigenvalue weighted by Gasteiger charge is -2.14. The van der Waals surface area contributed by atoms with Gasteiger partial charge in [-0.3, -0.25) is 8.37 Å². The van der Waals surface area contributed by atoms with Crippen LogP contribution in [0.2, 0.25) is 0 Å². The molecule has 0 saturated heterocycles. The van der Waals surface area contributed by atoms with Gasteiger partial charge in [0.05, 0.1) is 61.6 Å². The van der Waals surface area contributed by atoms with Crippen LogP contribution in [-0.2, 0) is 42.8 Å². The minimum Gasteiger partial charge on any atom is -0.377 e. The van der Waals surface area contributed by atoms with Crippen molar-refractivity contribution in [1.29, 1.82) is 0 Å². The average molecular weight is 531 g/mol. The molecule has 0 unspecified atom stereocenters. The van der Waals surface area contributed by atoms with Gasteiger partial charge in [-0.1, -0.05) is 35.4 Å². The third-order valence-corrected chi connectivity index (χ3v) is 7.51. The zero-order valence-corrected chi connectivity index (χ0v) is 22.1. The van der Waals surface area contributed by atoms with Crippen molar-refractivity contribution in [3.8, 4) is 0 Å². The second kappa shape index (κ2) is 14.0. The predicted molar refractivity (Wildman–Crippen MR) is 130 cm³/mol. The lowest BCUT2D eigenvalue weighted by atomic mass is 10.2. The summed E-state index contributed by atoms with van der Waals surface area (Å²) in [4.78, 5) is 0.205. The van der Waals surface area contributed by atoms with Crippen LogP contribution in [0.15, 0.2) is 58.3 Å². The number of rotatable bonds is 16. The summed E-state index contributed by atoms with van der Waals surface area (Å²) in [7, 11) is -7.69. The van der Waals surface area contributed by atoms with Crippen LogP contribution < -0.4 is 0 Å². The molecule has 2 rings (SSSR count). The van der Waals surface area contributed by atoms with Crippen molar-refractivity contribution in [2.24, 2.45) is 0 Å². The second-order valence-electron chi connectivity index (χ2n) is 8.11. The average Bonchev–Trinajstić information content (AvgIpc) is 2.78. The molecular formula is C24H34O9S2. The Morgan fingerprint density at radius 1 is 0.571 bits per heavy atom. The minimum absolute atomic E-state index is 0.0925. The van der Waals surface area contributed by atoms with Crippen LogP contribution in [0.25, 0.3) is 0 Å². The summed E-state index contributed by atoms with van der Waals surface area (Å²) in [5.74, 6) is 0. The number of aryl methyl sites for hydroxylation is 2. The van der Waals surface area contributed by atoms with Crippen molar-refractivity contribution in [3.63, 3.8) is 0 Å². The molecule has 0 heterocycles. The van der Waals surface area contributed by atoms with Crippen LogP contribution in [0.5, 0.6) is 0 Å². The van der Waals surface area contributed by atoms with Crippen LogP contribution in [-0.4, -0.2) is 68.7 Å². The first-order chi connectivity index (χ1) is 16.5. The van der Waals surface area contributed by atoms with Crippen LogP contribution in [0.4, 0.5) is 0 Å². The third kappa shape index (κ3) is 10.7. The quantitative estimate of drug-likeness (QED) is 0.238. The van der Waals surface area contributed by atoms with Gasteiger partial charge in [0.1, 0.15) is 0 Å². The molecule has 0 aliphatic heterocycles. The highest BCUT2D eigenvalue weighted by Gasteiger charge is 2.20. The van der Waals surface area contributed by atoms with Gasteiger partial charge in [0, 0.05) is 0 Å². The Morgan fingerprint density at radius 3 is 1.23 bits per heavy atom. The van der Waals surface area contributed by atoms with Crippen molar-refractivity contribution >= 4 is 20.2 Å². The molecule has 2 aromatic rings. The molecule has 11 heteroatoms. The molecule has 2 atom stereocenters. The monoisotopic (exact) mass is 530 g/mol. The smallest absolute Gasteiger partial charge is 0.297 e. The van der Waals surface area contributed by atoms with E-state index in [1.165, 1.54) is 24.3 Å². The van der Waals surface area contributed by atoms with Gasteiger partial charge in [-0.25, -0.2) is 0 Å². The molecule has 0 aliphatic carbocycles. The number of hydrogen-bond donors (Lipinski definition) is 0. The van der Waals surface area contributed by atoms with Crippen molar-refractivity contribution in [1.82, 2.24) is 0 Å². The standard InChI is InChI=1S/C24H34O9S2/c1-19-5-9-23(10-6-19)34(25,26)32-21(3)17-30-15-13-29-14-16-31-18-22(4)33-35(27,28)24-11-7-20(2)8-12-24/h5-12,21-22H,13-18H2,1-4H3/t21-,22-/m0/s1. The maximum atomic E-state index is 12.2. The van der Waals surface area contributed by atoms with Crippen LogP contribution in [0.3, 0.4) is 0 Å². The molecule has 0 N–H and O–H groups in total. The molecule has 35 heavy (non-hydrogen) atoms. The molecule has 0 spiro atoms. The van der Waals surface area contributed by atoms with E-state index in [1.807, 2.05) is 13.8 Å². The summed E-state index contributed by atoms with van der Waals surface area (Å²) < 4.78 is 75.4.